The van der Waals surface area contributed by atoms with Crippen molar-refractivity contribution >= 4 is 5.71 Å². The molecule has 1 aliphatic rings. The van der Waals surface area contributed by atoms with Gasteiger partial charge in [0.1, 0.15) is 5.71 Å². The summed E-state index contributed by atoms with van der Waals surface area (Å²) in [5.41, 5.74) is 7.72. The first-order chi connectivity index (χ1) is 6.83. The molecule has 2 atom stereocenters. The van der Waals surface area contributed by atoms with Crippen LogP contribution in [-0.2, 0) is 0 Å². The van der Waals surface area contributed by atoms with Crippen molar-refractivity contribution in [2.75, 3.05) is 6.54 Å². The van der Waals surface area contributed by atoms with E-state index in [0.717, 1.165) is 12.1 Å². The van der Waals surface area contributed by atoms with Crippen LogP contribution in [0.25, 0.3) is 0 Å². The second-order valence-electron chi connectivity index (χ2n) is 3.57. The first kappa shape index (κ1) is 9.23. The fourth-order valence-electron chi connectivity index (χ4n) is 1.71. The molecule has 1 aliphatic heterocycles. The van der Waals surface area contributed by atoms with Gasteiger partial charge in [0.15, 0.2) is 0 Å². The first-order valence-corrected chi connectivity index (χ1v) is 4.66. The van der Waals surface area contributed by atoms with E-state index in [1.807, 2.05) is 18.5 Å². The van der Waals surface area contributed by atoms with E-state index in [-0.39, 0.29) is 6.04 Å². The summed E-state index contributed by atoms with van der Waals surface area (Å²) in [4.78, 5) is 2.94. The summed E-state index contributed by atoms with van der Waals surface area (Å²) in [5.74, 6) is 0.413. The van der Waals surface area contributed by atoms with Crippen molar-refractivity contribution < 1.29 is 5.21 Å². The molecule has 1 aromatic rings. The number of aromatic nitrogens is 1. The summed E-state index contributed by atoms with van der Waals surface area (Å²) < 4.78 is 0. The maximum Gasteiger partial charge on any atom is 0.107 e. The zero-order valence-electron chi connectivity index (χ0n) is 7.99. The van der Waals surface area contributed by atoms with Gasteiger partial charge < -0.3 is 10.2 Å². The number of nitrogens with one attached hydrogen (secondary N) is 3. The zero-order valence-corrected chi connectivity index (χ0v) is 7.99. The normalized spacial score (nSPS) is 28.2. The van der Waals surface area contributed by atoms with Gasteiger partial charge in [0.05, 0.1) is 6.04 Å². The van der Waals surface area contributed by atoms with E-state index in [4.69, 9.17) is 5.21 Å². The third kappa shape index (κ3) is 1.51. The van der Waals surface area contributed by atoms with Crippen molar-refractivity contribution in [2.24, 2.45) is 11.1 Å². The zero-order chi connectivity index (χ0) is 9.97. The van der Waals surface area contributed by atoms with E-state index >= 15 is 0 Å². The minimum absolute atomic E-state index is 0.0656. The predicted molar refractivity (Wildman–Crippen MR) is 53.2 cm³/mol. The van der Waals surface area contributed by atoms with Gasteiger partial charge >= 0.3 is 0 Å². The number of oxime groups is 1. The monoisotopic (exact) mass is 194 g/mol. The molecular weight excluding hydrogens is 180 g/mol. The standard InChI is InChI=1S/C9H14N4O/c1-6-4-11-12-8(6)9(13-14)7-2-3-10-5-7/h2-3,5-6,8,10-12,14H,4H2,1H3/b13-9+. The Morgan fingerprint density at radius 2 is 2.50 bits per heavy atom. The lowest BCUT2D eigenvalue weighted by Gasteiger charge is -2.14. The summed E-state index contributed by atoms with van der Waals surface area (Å²) in [6.45, 7) is 2.99. The third-order valence-corrected chi connectivity index (χ3v) is 2.55. The molecule has 0 saturated carbocycles. The average molecular weight is 194 g/mol. The van der Waals surface area contributed by atoms with E-state index in [9.17, 15) is 0 Å². The summed E-state index contributed by atoms with van der Waals surface area (Å²) in [6.07, 6.45) is 3.63. The van der Waals surface area contributed by atoms with Crippen LogP contribution in [-0.4, -0.2) is 28.5 Å². The number of hydrazine groups is 1. The van der Waals surface area contributed by atoms with Gasteiger partial charge in [0.25, 0.3) is 0 Å². The van der Waals surface area contributed by atoms with Gasteiger partial charge in [-0.3, -0.25) is 5.43 Å². The van der Waals surface area contributed by atoms with Crippen LogP contribution in [0.1, 0.15) is 12.5 Å². The van der Waals surface area contributed by atoms with Crippen molar-refractivity contribution in [3.63, 3.8) is 0 Å². The largest absolute Gasteiger partial charge is 0.411 e. The van der Waals surface area contributed by atoms with Gasteiger partial charge in [-0.2, -0.15) is 0 Å². The lowest BCUT2D eigenvalue weighted by atomic mass is 9.96. The fourth-order valence-corrected chi connectivity index (χ4v) is 1.71. The second-order valence-corrected chi connectivity index (χ2v) is 3.57. The van der Waals surface area contributed by atoms with Gasteiger partial charge in [-0.15, -0.1) is 0 Å². The Morgan fingerprint density at radius 1 is 1.64 bits per heavy atom. The molecule has 0 amide bonds. The third-order valence-electron chi connectivity index (χ3n) is 2.55. The highest BCUT2D eigenvalue weighted by molar-refractivity contribution is 6.04. The van der Waals surface area contributed by atoms with Crippen LogP contribution in [0, 0.1) is 5.92 Å². The van der Waals surface area contributed by atoms with E-state index in [2.05, 4.69) is 27.9 Å². The lowest BCUT2D eigenvalue weighted by molar-refractivity contribution is 0.315. The quantitative estimate of drug-likeness (QED) is 0.311. The first-order valence-electron chi connectivity index (χ1n) is 4.66. The number of H-pyrrole nitrogens is 1. The van der Waals surface area contributed by atoms with Crippen molar-refractivity contribution in [3.8, 4) is 0 Å². The fraction of sp³-hybridized carbons (Fsp3) is 0.444. The number of hydrogen-bond acceptors (Lipinski definition) is 4. The Balaban J connectivity index is 2.22. The highest BCUT2D eigenvalue weighted by Crippen LogP contribution is 2.13. The maximum atomic E-state index is 8.98. The summed E-state index contributed by atoms with van der Waals surface area (Å²) >= 11 is 0. The number of nitrogens with zero attached hydrogens (tertiary/aromatic N) is 1. The van der Waals surface area contributed by atoms with Crippen LogP contribution >= 0.6 is 0 Å². The molecule has 0 radical (unpaired) electrons. The topological polar surface area (TPSA) is 72.4 Å². The van der Waals surface area contributed by atoms with Gasteiger partial charge in [0, 0.05) is 24.5 Å². The highest BCUT2D eigenvalue weighted by Gasteiger charge is 2.28. The van der Waals surface area contributed by atoms with Crippen LogP contribution in [0.2, 0.25) is 0 Å². The van der Waals surface area contributed by atoms with Gasteiger partial charge in [-0.25, -0.2) is 5.43 Å². The molecule has 2 rings (SSSR count). The van der Waals surface area contributed by atoms with Crippen molar-refractivity contribution in [1.29, 1.82) is 0 Å². The minimum Gasteiger partial charge on any atom is -0.411 e. The molecule has 0 aromatic carbocycles. The molecule has 0 bridgehead atoms. The molecule has 4 N–H and O–H groups in total. The molecule has 5 nitrogen and oxygen atoms in total. The molecule has 2 unspecified atom stereocenters. The van der Waals surface area contributed by atoms with Crippen LogP contribution in [0.3, 0.4) is 0 Å². The molecule has 0 aliphatic carbocycles. The van der Waals surface area contributed by atoms with Gasteiger partial charge in [0.2, 0.25) is 0 Å². The van der Waals surface area contributed by atoms with E-state index in [1.165, 1.54) is 0 Å². The van der Waals surface area contributed by atoms with E-state index < -0.39 is 0 Å². The van der Waals surface area contributed by atoms with E-state index in [1.54, 1.807) is 0 Å². The van der Waals surface area contributed by atoms with Crippen molar-refractivity contribution in [1.82, 2.24) is 15.8 Å². The molecular formula is C9H14N4O. The Kier molecular flexibility index (Phi) is 2.51. The Labute approximate surface area is 82.2 Å². The lowest BCUT2D eigenvalue weighted by Crippen LogP contribution is -2.38. The molecule has 14 heavy (non-hydrogen) atoms. The molecule has 1 aromatic heterocycles. The van der Waals surface area contributed by atoms with Crippen molar-refractivity contribution in [3.05, 3.63) is 24.0 Å². The number of aromatic amines is 1. The molecule has 0 spiro atoms. The minimum atomic E-state index is 0.0656. The van der Waals surface area contributed by atoms with Gasteiger partial charge in [-0.1, -0.05) is 12.1 Å². The molecule has 1 fully saturated rings. The molecule has 2 heterocycles. The molecule has 76 valence electrons. The molecule has 1 saturated heterocycles. The Bertz CT molecular complexity index is 320. The van der Waals surface area contributed by atoms with E-state index in [0.29, 0.717) is 11.6 Å². The maximum absolute atomic E-state index is 8.98. The average Bonchev–Trinajstić information content (AvgIpc) is 2.80. The van der Waals surface area contributed by atoms with Crippen LogP contribution < -0.4 is 10.9 Å². The van der Waals surface area contributed by atoms with Crippen LogP contribution in [0.5, 0.6) is 0 Å². The van der Waals surface area contributed by atoms with Gasteiger partial charge in [-0.05, 0) is 12.0 Å². The number of hydrogen-bond donors (Lipinski definition) is 4. The Morgan fingerprint density at radius 3 is 3.00 bits per heavy atom. The summed E-state index contributed by atoms with van der Waals surface area (Å²) in [7, 11) is 0. The van der Waals surface area contributed by atoms with Crippen molar-refractivity contribution in [2.45, 2.75) is 13.0 Å². The smallest absolute Gasteiger partial charge is 0.107 e. The highest BCUT2D eigenvalue weighted by atomic mass is 16.4. The van der Waals surface area contributed by atoms with Crippen LogP contribution in [0.15, 0.2) is 23.6 Å². The number of rotatable bonds is 2. The summed E-state index contributed by atoms with van der Waals surface area (Å²) in [5, 5.41) is 12.3. The second kappa shape index (κ2) is 3.81. The van der Waals surface area contributed by atoms with Crippen LogP contribution in [0.4, 0.5) is 0 Å². The predicted octanol–water partition coefficient (Wildman–Crippen LogP) is 0.305. The molecule has 5 heteroatoms. The SMILES string of the molecule is CC1CNNC1/C(=N/O)c1cc[nH]c1. The summed E-state index contributed by atoms with van der Waals surface area (Å²) in [6, 6.07) is 1.96. The Hall–Kier alpha value is -1.33.